The lowest BCUT2D eigenvalue weighted by Crippen LogP contribution is -2.47. The molecule has 3 saturated carbocycles. The van der Waals surface area contributed by atoms with Crippen LogP contribution in [0.4, 0.5) is 0 Å². The summed E-state index contributed by atoms with van der Waals surface area (Å²) < 4.78 is 6.28. The molecular weight excluding hydrogens is 344 g/mol. The lowest BCUT2D eigenvalue weighted by atomic mass is 9.52. The number of rotatable bonds is 2. The lowest BCUT2D eigenvalue weighted by Gasteiger charge is -2.53. The van der Waals surface area contributed by atoms with Crippen molar-refractivity contribution in [2.45, 2.75) is 83.3 Å². The Morgan fingerprint density at radius 2 is 2.00 bits per heavy atom. The van der Waals surface area contributed by atoms with E-state index in [-0.39, 0.29) is 17.4 Å². The summed E-state index contributed by atoms with van der Waals surface area (Å²) in [6.45, 7) is 4.70. The van der Waals surface area contributed by atoms with Crippen molar-refractivity contribution in [2.75, 3.05) is 0 Å². The van der Waals surface area contributed by atoms with E-state index in [1.165, 1.54) is 37.7 Å². The molecule has 4 aliphatic rings. The van der Waals surface area contributed by atoms with Gasteiger partial charge >= 0.3 is 0 Å². The number of benzene rings is 1. The zero-order valence-corrected chi connectivity index (χ0v) is 17.4. The third-order valence-electron chi connectivity index (χ3n) is 8.80. The van der Waals surface area contributed by atoms with Crippen LogP contribution < -0.4 is 4.74 Å². The number of fused-ring (bicyclic) bond motifs is 5. The largest absolute Gasteiger partial charge is 0.490 e. The second kappa shape index (κ2) is 6.81. The summed E-state index contributed by atoms with van der Waals surface area (Å²) in [6, 6.07) is 6.91. The average molecular weight is 379 g/mol. The maximum Gasteiger partial charge on any atom is 0.120 e. The molecule has 0 aromatic heterocycles. The molecule has 5 rings (SSSR count). The molecule has 7 unspecified atom stereocenters. The number of terminal acetylenes is 1. The van der Waals surface area contributed by atoms with Crippen LogP contribution in [0, 0.1) is 41.4 Å². The van der Waals surface area contributed by atoms with Crippen LogP contribution in [-0.2, 0) is 6.42 Å². The lowest BCUT2D eigenvalue weighted by molar-refractivity contribution is -0.0482. The smallest absolute Gasteiger partial charge is 0.120 e. The van der Waals surface area contributed by atoms with E-state index in [0.717, 1.165) is 25.0 Å². The van der Waals surface area contributed by atoms with Gasteiger partial charge in [0.2, 0.25) is 0 Å². The minimum absolute atomic E-state index is 0.0132. The molecule has 28 heavy (non-hydrogen) atoms. The second-order valence-electron chi connectivity index (χ2n) is 10.4. The van der Waals surface area contributed by atoms with Crippen LogP contribution in [0.15, 0.2) is 18.2 Å². The van der Waals surface area contributed by atoms with E-state index in [1.54, 1.807) is 5.56 Å². The minimum atomic E-state index is -0.338. The molecule has 2 heteroatoms. The van der Waals surface area contributed by atoms with Crippen LogP contribution in [-0.4, -0.2) is 17.3 Å². The summed E-state index contributed by atoms with van der Waals surface area (Å²) >= 11 is 0. The highest BCUT2D eigenvalue weighted by Gasteiger charge is 2.59. The van der Waals surface area contributed by atoms with Gasteiger partial charge in [-0.25, -0.2) is 0 Å². The molecule has 1 aromatic rings. The minimum Gasteiger partial charge on any atom is -0.490 e. The van der Waals surface area contributed by atoms with E-state index in [2.05, 4.69) is 38.0 Å². The summed E-state index contributed by atoms with van der Waals surface area (Å²) in [6.07, 6.45) is 15.3. The van der Waals surface area contributed by atoms with Crippen molar-refractivity contribution in [2.24, 2.45) is 29.1 Å². The van der Waals surface area contributed by atoms with Gasteiger partial charge in [0.25, 0.3) is 0 Å². The molecular formula is C26H34O2. The van der Waals surface area contributed by atoms with Gasteiger partial charge in [-0.1, -0.05) is 19.9 Å². The van der Waals surface area contributed by atoms with E-state index in [9.17, 15) is 5.11 Å². The van der Waals surface area contributed by atoms with E-state index < -0.39 is 0 Å². The van der Waals surface area contributed by atoms with Crippen LogP contribution in [0.5, 0.6) is 5.75 Å². The Hall–Kier alpha value is -1.46. The van der Waals surface area contributed by atoms with Crippen LogP contribution in [0.3, 0.4) is 0 Å². The average Bonchev–Trinajstić information content (AvgIpc) is 3.28. The van der Waals surface area contributed by atoms with Crippen molar-refractivity contribution >= 4 is 0 Å². The molecule has 0 amide bonds. The Balaban J connectivity index is 1.43. The Bertz CT molecular complexity index is 786. The molecule has 0 heterocycles. The molecule has 1 N–H and O–H groups in total. The summed E-state index contributed by atoms with van der Waals surface area (Å²) in [7, 11) is 0. The number of hydrogen-bond donors (Lipinski definition) is 1. The molecule has 0 spiro atoms. The van der Waals surface area contributed by atoms with Crippen molar-refractivity contribution in [3.63, 3.8) is 0 Å². The maximum atomic E-state index is 11.0. The number of aliphatic hydroxyl groups is 1. The maximum absolute atomic E-state index is 11.0. The van der Waals surface area contributed by atoms with Gasteiger partial charge in [0, 0.05) is 5.92 Å². The van der Waals surface area contributed by atoms with Gasteiger partial charge in [-0.05, 0) is 104 Å². The van der Waals surface area contributed by atoms with E-state index >= 15 is 0 Å². The summed E-state index contributed by atoms with van der Waals surface area (Å²) in [5.74, 6) is 6.38. The zero-order chi connectivity index (χ0) is 19.5. The van der Waals surface area contributed by atoms with Gasteiger partial charge in [-0.3, -0.25) is 0 Å². The molecule has 3 fully saturated rings. The number of hydrogen-bond acceptors (Lipinski definition) is 2. The fourth-order valence-corrected chi connectivity index (χ4v) is 7.57. The summed E-state index contributed by atoms with van der Waals surface area (Å²) in [4.78, 5) is 0. The second-order valence-corrected chi connectivity index (χ2v) is 10.4. The standard InChI is InChI=1S/C26H34O2/c1-4-17-14-23-22-11-9-18-13-20(28-19-7-5-6-8-19)10-12-21(18)24(22)16(2)15-26(23,3)25(17)27/h1,10,12-13,16-17,19,22-25,27H,5-9,11,14-15H2,2-3H3. The van der Waals surface area contributed by atoms with Gasteiger partial charge in [0.05, 0.1) is 12.2 Å². The SMILES string of the molecule is C#CC1CC2C3CCc4cc(OC5CCCC5)ccc4C3C(C)CC2(C)C1O. The molecule has 4 aliphatic carbocycles. The van der Waals surface area contributed by atoms with Crippen molar-refractivity contribution in [1.82, 2.24) is 0 Å². The summed E-state index contributed by atoms with van der Waals surface area (Å²) in [5.41, 5.74) is 3.03. The van der Waals surface area contributed by atoms with Crippen LogP contribution >= 0.6 is 0 Å². The first-order chi connectivity index (χ1) is 13.5. The van der Waals surface area contributed by atoms with Crippen molar-refractivity contribution in [1.29, 1.82) is 0 Å². The molecule has 0 aliphatic heterocycles. The molecule has 0 bridgehead atoms. The molecule has 150 valence electrons. The highest BCUT2D eigenvalue weighted by atomic mass is 16.5. The first-order valence-corrected chi connectivity index (χ1v) is 11.4. The first-order valence-electron chi connectivity index (χ1n) is 11.4. The topological polar surface area (TPSA) is 29.5 Å². The Kier molecular flexibility index (Phi) is 4.51. The predicted octanol–water partition coefficient (Wildman–Crippen LogP) is 5.33. The Morgan fingerprint density at radius 1 is 1.21 bits per heavy atom. The third-order valence-corrected chi connectivity index (χ3v) is 8.80. The van der Waals surface area contributed by atoms with Crippen molar-refractivity contribution < 1.29 is 9.84 Å². The highest BCUT2D eigenvalue weighted by molar-refractivity contribution is 5.41. The number of aliphatic hydroxyl groups excluding tert-OH is 1. The van der Waals surface area contributed by atoms with E-state index in [0.29, 0.717) is 29.8 Å². The van der Waals surface area contributed by atoms with E-state index in [4.69, 9.17) is 11.2 Å². The normalized spacial score (nSPS) is 42.4. The molecule has 7 atom stereocenters. The first kappa shape index (κ1) is 18.6. The molecule has 1 aromatic carbocycles. The quantitative estimate of drug-likeness (QED) is 0.705. The fourth-order valence-electron chi connectivity index (χ4n) is 7.57. The van der Waals surface area contributed by atoms with Gasteiger partial charge in [0.1, 0.15) is 5.75 Å². The zero-order valence-electron chi connectivity index (χ0n) is 17.4. The van der Waals surface area contributed by atoms with E-state index in [1.807, 2.05) is 0 Å². The molecule has 0 radical (unpaired) electrons. The molecule has 0 saturated heterocycles. The molecule has 2 nitrogen and oxygen atoms in total. The monoisotopic (exact) mass is 378 g/mol. The van der Waals surface area contributed by atoms with Crippen molar-refractivity contribution in [3.05, 3.63) is 29.3 Å². The Morgan fingerprint density at radius 3 is 2.75 bits per heavy atom. The number of ether oxygens (including phenoxy) is 1. The highest BCUT2D eigenvalue weighted by Crippen LogP contribution is 2.63. The van der Waals surface area contributed by atoms with Gasteiger partial charge in [-0.15, -0.1) is 12.3 Å². The number of aryl methyl sites for hydroxylation is 1. The van der Waals surface area contributed by atoms with Gasteiger partial charge in [-0.2, -0.15) is 0 Å². The Labute approximate surface area is 170 Å². The van der Waals surface area contributed by atoms with Gasteiger partial charge in [0.15, 0.2) is 0 Å². The predicted molar refractivity (Wildman–Crippen MR) is 112 cm³/mol. The van der Waals surface area contributed by atoms with Crippen LogP contribution in [0.2, 0.25) is 0 Å². The fraction of sp³-hybridized carbons (Fsp3) is 0.692. The summed E-state index contributed by atoms with van der Waals surface area (Å²) in [5, 5.41) is 11.0. The van der Waals surface area contributed by atoms with Gasteiger partial charge < -0.3 is 9.84 Å². The third kappa shape index (κ3) is 2.73. The van der Waals surface area contributed by atoms with Crippen LogP contribution in [0.25, 0.3) is 0 Å². The van der Waals surface area contributed by atoms with Crippen LogP contribution in [0.1, 0.15) is 75.8 Å². The van der Waals surface area contributed by atoms with Crippen molar-refractivity contribution in [3.8, 4) is 18.1 Å².